The molecule has 0 aliphatic heterocycles. The van der Waals surface area contributed by atoms with Gasteiger partial charge in [0.2, 0.25) is 0 Å². The zero-order valence-corrected chi connectivity index (χ0v) is 56.9. The van der Waals surface area contributed by atoms with E-state index < -0.39 is 26.5 Å². The number of phosphoric acid groups is 1. The molecule has 0 rings (SSSR count). The summed E-state index contributed by atoms with van der Waals surface area (Å²) in [6, 6.07) is 0. The number of phosphoric ester groups is 1. The van der Waals surface area contributed by atoms with E-state index in [1.165, 1.54) is 289 Å². The van der Waals surface area contributed by atoms with Gasteiger partial charge in [-0.15, -0.1) is 0 Å². The van der Waals surface area contributed by atoms with Gasteiger partial charge in [-0.2, -0.15) is 0 Å². The summed E-state index contributed by atoms with van der Waals surface area (Å²) in [6.45, 7) is 4.50. The van der Waals surface area contributed by atoms with E-state index in [4.69, 9.17) is 18.5 Å². The highest BCUT2D eigenvalue weighted by atomic mass is 31.2. The highest BCUT2D eigenvalue weighted by Crippen LogP contribution is 2.43. The van der Waals surface area contributed by atoms with E-state index in [0.717, 1.165) is 44.9 Å². The number of carbonyl (C=O) groups excluding carboxylic acids is 2. The van der Waals surface area contributed by atoms with Gasteiger partial charge in [0.1, 0.15) is 19.8 Å². The second-order valence-electron chi connectivity index (χ2n) is 26.0. The van der Waals surface area contributed by atoms with Gasteiger partial charge in [-0.25, -0.2) is 4.57 Å². The van der Waals surface area contributed by atoms with Gasteiger partial charge in [0, 0.05) is 12.8 Å². The van der Waals surface area contributed by atoms with Crippen LogP contribution in [0.5, 0.6) is 0 Å². The van der Waals surface area contributed by atoms with Crippen LogP contribution < -0.4 is 0 Å². The largest absolute Gasteiger partial charge is 0.472 e. The van der Waals surface area contributed by atoms with Crippen molar-refractivity contribution in [1.29, 1.82) is 0 Å². The summed E-state index contributed by atoms with van der Waals surface area (Å²) in [7, 11) is 1.50. The smallest absolute Gasteiger partial charge is 0.462 e. The molecule has 0 aliphatic carbocycles. The van der Waals surface area contributed by atoms with E-state index in [2.05, 4.69) is 50.3 Å². The fourth-order valence-corrected chi connectivity index (χ4v) is 11.6. The number of hydrogen-bond acceptors (Lipinski definition) is 7. The van der Waals surface area contributed by atoms with E-state index in [1.807, 2.05) is 21.1 Å². The van der Waals surface area contributed by atoms with E-state index in [1.54, 1.807) is 0 Å². The van der Waals surface area contributed by atoms with Gasteiger partial charge in [-0.1, -0.05) is 339 Å². The highest BCUT2D eigenvalue weighted by molar-refractivity contribution is 7.47. The third kappa shape index (κ3) is 69.2. The lowest BCUT2D eigenvalue weighted by molar-refractivity contribution is -0.870. The molecule has 0 saturated carbocycles. The maximum absolute atomic E-state index is 12.9. The number of ether oxygens (including phenoxy) is 2. The molecular formula is C73H141NO8P+. The standard InChI is InChI=1S/C73H140NO8P/c1-6-8-10-12-14-16-18-20-22-24-26-28-30-31-32-33-34-35-36-37-38-39-40-41-42-43-44-46-48-50-52-54-56-58-60-62-64-66-73(76)82-71(70-81-83(77,78)80-68-67-74(3,4)5)69-79-72(75)65-63-61-59-57-55-53-51-49-47-45-29-27-25-23-21-19-17-15-13-11-9-7-2/h18,20,24,26,30-31,71H,6-17,19,21-23,25,27-29,32-70H2,1-5H3/p+1/b20-18-,26-24-,31-30-. The van der Waals surface area contributed by atoms with Crippen molar-refractivity contribution in [2.75, 3.05) is 47.5 Å². The first-order valence-corrected chi connectivity index (χ1v) is 37.7. The van der Waals surface area contributed by atoms with Gasteiger partial charge in [0.25, 0.3) is 0 Å². The van der Waals surface area contributed by atoms with Crippen LogP contribution in [0.15, 0.2) is 36.5 Å². The van der Waals surface area contributed by atoms with Crippen LogP contribution in [-0.2, 0) is 32.7 Å². The Balaban J connectivity index is 3.94. The molecule has 2 unspecified atom stereocenters. The van der Waals surface area contributed by atoms with Gasteiger partial charge in [0.05, 0.1) is 27.7 Å². The quantitative estimate of drug-likeness (QED) is 0.0211. The summed E-state index contributed by atoms with van der Waals surface area (Å²) in [6.07, 6.45) is 82.6. The predicted octanol–water partition coefficient (Wildman–Crippen LogP) is 23.4. The molecule has 0 amide bonds. The van der Waals surface area contributed by atoms with Crippen LogP contribution in [0.4, 0.5) is 0 Å². The van der Waals surface area contributed by atoms with Crippen molar-refractivity contribution in [2.45, 2.75) is 373 Å². The number of nitrogens with zero attached hydrogens (tertiary/aromatic N) is 1. The van der Waals surface area contributed by atoms with Crippen molar-refractivity contribution in [2.24, 2.45) is 0 Å². The zero-order valence-electron chi connectivity index (χ0n) is 56.0. The molecule has 0 spiro atoms. The van der Waals surface area contributed by atoms with E-state index >= 15 is 0 Å². The summed E-state index contributed by atoms with van der Waals surface area (Å²) in [5.41, 5.74) is 0. The second-order valence-corrected chi connectivity index (χ2v) is 27.4. The summed E-state index contributed by atoms with van der Waals surface area (Å²) < 4.78 is 34.7. The second kappa shape index (κ2) is 64.7. The third-order valence-electron chi connectivity index (χ3n) is 16.4. The molecule has 0 aromatic rings. The van der Waals surface area contributed by atoms with Crippen molar-refractivity contribution in [3.8, 4) is 0 Å². The highest BCUT2D eigenvalue weighted by Gasteiger charge is 2.27. The van der Waals surface area contributed by atoms with Crippen molar-refractivity contribution < 1.29 is 42.1 Å². The molecule has 83 heavy (non-hydrogen) atoms. The minimum atomic E-state index is -4.39. The molecule has 0 fully saturated rings. The lowest BCUT2D eigenvalue weighted by atomic mass is 10.0. The minimum absolute atomic E-state index is 0.0354. The molecule has 2 atom stereocenters. The van der Waals surface area contributed by atoms with Crippen molar-refractivity contribution in [3.05, 3.63) is 36.5 Å². The summed E-state index contributed by atoms with van der Waals surface area (Å²) >= 11 is 0. The van der Waals surface area contributed by atoms with Gasteiger partial charge in [-0.3, -0.25) is 18.6 Å². The Hall–Kier alpha value is -1.77. The Bertz CT molecular complexity index is 1490. The first-order valence-electron chi connectivity index (χ1n) is 36.2. The van der Waals surface area contributed by atoms with Crippen LogP contribution in [-0.4, -0.2) is 74.9 Å². The topological polar surface area (TPSA) is 108 Å². The predicted molar refractivity (Wildman–Crippen MR) is 358 cm³/mol. The molecule has 0 radical (unpaired) electrons. The van der Waals surface area contributed by atoms with E-state index in [0.29, 0.717) is 23.9 Å². The fourth-order valence-electron chi connectivity index (χ4n) is 10.9. The van der Waals surface area contributed by atoms with Crippen LogP contribution in [0.3, 0.4) is 0 Å². The Morgan fingerprint density at radius 3 is 0.964 bits per heavy atom. The van der Waals surface area contributed by atoms with Crippen molar-refractivity contribution in [3.63, 3.8) is 0 Å². The number of unbranched alkanes of at least 4 members (excludes halogenated alkanes) is 48. The van der Waals surface area contributed by atoms with E-state index in [-0.39, 0.29) is 25.6 Å². The number of hydrogen-bond donors (Lipinski definition) is 1. The number of quaternary nitrogens is 1. The summed E-state index contributed by atoms with van der Waals surface area (Å²) in [4.78, 5) is 35.9. The van der Waals surface area contributed by atoms with Gasteiger partial charge < -0.3 is 18.9 Å². The molecule has 490 valence electrons. The van der Waals surface area contributed by atoms with Crippen molar-refractivity contribution in [1.82, 2.24) is 0 Å². The lowest BCUT2D eigenvalue weighted by Crippen LogP contribution is -2.37. The van der Waals surface area contributed by atoms with Gasteiger partial charge >= 0.3 is 19.8 Å². The summed E-state index contributed by atoms with van der Waals surface area (Å²) in [5.74, 6) is -0.773. The van der Waals surface area contributed by atoms with E-state index in [9.17, 15) is 19.0 Å². The molecular weight excluding hydrogens is 1050 g/mol. The number of likely N-dealkylation sites (N-methyl/N-ethyl adjacent to an activating group) is 1. The molecule has 9 nitrogen and oxygen atoms in total. The lowest BCUT2D eigenvalue weighted by Gasteiger charge is -2.24. The van der Waals surface area contributed by atoms with Gasteiger partial charge in [0.15, 0.2) is 6.10 Å². The maximum Gasteiger partial charge on any atom is 0.472 e. The average molecular weight is 1190 g/mol. The number of rotatable bonds is 68. The average Bonchev–Trinajstić information content (AvgIpc) is 3.49. The SMILES string of the molecule is CCCCCCC/C=C\C/C=C\C/C=C\CCCCCCCCCCCCCCCCCCCCCCCCC(=O)OC(COC(=O)CCCCCCCCCCCCCCCCCCCCCCCC)COP(=O)(O)OCC[N+](C)(C)C. The number of esters is 2. The zero-order chi connectivity index (χ0) is 60.5. The molecule has 10 heteroatoms. The van der Waals surface area contributed by atoms with Crippen LogP contribution in [0, 0.1) is 0 Å². The Labute approximate surface area is 516 Å². The number of allylic oxidation sites excluding steroid dienone is 6. The van der Waals surface area contributed by atoms with Crippen molar-refractivity contribution >= 4 is 19.8 Å². The summed E-state index contributed by atoms with van der Waals surface area (Å²) in [5, 5.41) is 0. The minimum Gasteiger partial charge on any atom is -0.462 e. The Morgan fingerprint density at radius 2 is 0.651 bits per heavy atom. The Morgan fingerprint density at radius 1 is 0.373 bits per heavy atom. The fraction of sp³-hybridized carbons (Fsp3) is 0.890. The Kier molecular flexibility index (Phi) is 63.3. The molecule has 0 aromatic carbocycles. The van der Waals surface area contributed by atoms with Crippen LogP contribution in [0.1, 0.15) is 367 Å². The van der Waals surface area contributed by atoms with Crippen LogP contribution >= 0.6 is 7.82 Å². The maximum atomic E-state index is 12.9. The molecule has 0 aromatic heterocycles. The monoisotopic (exact) mass is 1190 g/mol. The van der Waals surface area contributed by atoms with Crippen LogP contribution in [0.2, 0.25) is 0 Å². The first-order chi connectivity index (χ1) is 40.5. The third-order valence-corrected chi connectivity index (χ3v) is 17.4. The normalized spacial score (nSPS) is 13.3. The van der Waals surface area contributed by atoms with Gasteiger partial charge in [-0.05, 0) is 51.4 Å². The molecule has 0 bridgehead atoms. The molecule has 0 aliphatic rings. The number of carbonyl (C=O) groups is 2. The first kappa shape index (κ1) is 81.2. The molecule has 0 saturated heterocycles. The molecule has 1 N–H and O–H groups in total. The van der Waals surface area contributed by atoms with Crippen LogP contribution in [0.25, 0.3) is 0 Å². The molecule has 0 heterocycles.